The van der Waals surface area contributed by atoms with Crippen molar-refractivity contribution >= 4 is 5.78 Å². The zero-order valence-corrected chi connectivity index (χ0v) is 9.84. The predicted molar refractivity (Wildman–Crippen MR) is 60.1 cm³/mol. The number of rotatable bonds is 3. The van der Waals surface area contributed by atoms with Gasteiger partial charge in [0, 0.05) is 12.3 Å². The SMILES string of the molecule is CCC(=O)C1C=C(C)CCC1C(C)C. The smallest absolute Gasteiger partial charge is 0.139 e. The summed E-state index contributed by atoms with van der Waals surface area (Å²) >= 11 is 0. The molecule has 1 aliphatic carbocycles. The van der Waals surface area contributed by atoms with E-state index >= 15 is 0 Å². The van der Waals surface area contributed by atoms with Gasteiger partial charge >= 0.3 is 0 Å². The number of allylic oxidation sites excluding steroid dienone is 2. The summed E-state index contributed by atoms with van der Waals surface area (Å²) in [7, 11) is 0. The van der Waals surface area contributed by atoms with Gasteiger partial charge in [-0.2, -0.15) is 0 Å². The van der Waals surface area contributed by atoms with E-state index < -0.39 is 0 Å². The number of carbonyl (C=O) groups excluding carboxylic acids is 1. The zero-order valence-electron chi connectivity index (χ0n) is 9.84. The topological polar surface area (TPSA) is 17.1 Å². The van der Waals surface area contributed by atoms with Gasteiger partial charge in [-0.3, -0.25) is 4.79 Å². The maximum absolute atomic E-state index is 11.8. The van der Waals surface area contributed by atoms with E-state index in [1.165, 1.54) is 18.4 Å². The average molecular weight is 194 g/mol. The lowest BCUT2D eigenvalue weighted by Gasteiger charge is -2.31. The summed E-state index contributed by atoms with van der Waals surface area (Å²) in [5.41, 5.74) is 1.40. The number of hydrogen-bond donors (Lipinski definition) is 0. The molecule has 1 aliphatic rings. The Morgan fingerprint density at radius 2 is 2.21 bits per heavy atom. The fourth-order valence-corrected chi connectivity index (χ4v) is 2.40. The molecule has 0 aliphatic heterocycles. The highest BCUT2D eigenvalue weighted by Gasteiger charge is 2.30. The van der Waals surface area contributed by atoms with Crippen LogP contribution in [0.25, 0.3) is 0 Å². The molecular formula is C13H22O. The monoisotopic (exact) mass is 194 g/mol. The standard InChI is InChI=1S/C13H22O/c1-5-13(14)12-8-10(4)6-7-11(12)9(2)3/h8-9,11-12H,5-7H2,1-4H3. The van der Waals surface area contributed by atoms with Gasteiger partial charge in [0.25, 0.3) is 0 Å². The van der Waals surface area contributed by atoms with E-state index in [0.29, 0.717) is 24.0 Å². The zero-order chi connectivity index (χ0) is 10.7. The maximum atomic E-state index is 11.8. The van der Waals surface area contributed by atoms with E-state index in [0.717, 1.165) is 0 Å². The van der Waals surface area contributed by atoms with Gasteiger partial charge in [-0.1, -0.05) is 32.4 Å². The van der Waals surface area contributed by atoms with Gasteiger partial charge in [0.2, 0.25) is 0 Å². The van der Waals surface area contributed by atoms with E-state index in [1.807, 2.05) is 6.92 Å². The highest BCUT2D eigenvalue weighted by Crippen LogP contribution is 2.34. The van der Waals surface area contributed by atoms with Crippen LogP contribution in [0.1, 0.15) is 47.0 Å². The second kappa shape index (κ2) is 4.77. The minimum absolute atomic E-state index is 0.203. The number of ketones is 1. The quantitative estimate of drug-likeness (QED) is 0.627. The van der Waals surface area contributed by atoms with Crippen molar-refractivity contribution in [3.05, 3.63) is 11.6 Å². The van der Waals surface area contributed by atoms with E-state index in [-0.39, 0.29) is 5.92 Å². The highest BCUT2D eigenvalue weighted by atomic mass is 16.1. The molecule has 0 aromatic heterocycles. The molecule has 0 radical (unpaired) electrons. The molecule has 80 valence electrons. The van der Waals surface area contributed by atoms with Crippen LogP contribution in [0.2, 0.25) is 0 Å². The third-order valence-electron chi connectivity index (χ3n) is 3.37. The second-order valence-corrected chi connectivity index (χ2v) is 4.81. The molecule has 0 bridgehead atoms. The Bertz CT molecular complexity index is 238. The molecular weight excluding hydrogens is 172 g/mol. The third kappa shape index (κ3) is 2.46. The van der Waals surface area contributed by atoms with E-state index in [1.54, 1.807) is 0 Å². The Kier molecular flexibility index (Phi) is 3.91. The summed E-state index contributed by atoms with van der Waals surface area (Å²) in [4.78, 5) is 11.8. The van der Waals surface area contributed by atoms with Crippen molar-refractivity contribution in [2.45, 2.75) is 47.0 Å². The first-order chi connectivity index (χ1) is 6.56. The summed E-state index contributed by atoms with van der Waals surface area (Å²) in [6.45, 7) is 8.58. The predicted octanol–water partition coefficient (Wildman–Crippen LogP) is 3.59. The molecule has 0 N–H and O–H groups in total. The number of carbonyl (C=O) groups is 1. The van der Waals surface area contributed by atoms with Gasteiger partial charge in [-0.15, -0.1) is 0 Å². The molecule has 0 spiro atoms. The van der Waals surface area contributed by atoms with Crippen LogP contribution in [0.3, 0.4) is 0 Å². The molecule has 0 heterocycles. The summed E-state index contributed by atoms with van der Waals surface area (Å²) < 4.78 is 0. The van der Waals surface area contributed by atoms with Gasteiger partial charge in [0.1, 0.15) is 5.78 Å². The van der Waals surface area contributed by atoms with E-state index in [2.05, 4.69) is 26.8 Å². The van der Waals surface area contributed by atoms with Crippen molar-refractivity contribution in [1.29, 1.82) is 0 Å². The number of Topliss-reactive ketones (excluding diaryl/α,β-unsaturated/α-hetero) is 1. The lowest BCUT2D eigenvalue weighted by atomic mass is 9.73. The molecule has 14 heavy (non-hydrogen) atoms. The fourth-order valence-electron chi connectivity index (χ4n) is 2.40. The van der Waals surface area contributed by atoms with Gasteiger partial charge in [0.15, 0.2) is 0 Å². The first-order valence-corrected chi connectivity index (χ1v) is 5.76. The minimum atomic E-state index is 0.203. The lowest BCUT2D eigenvalue weighted by Crippen LogP contribution is -2.28. The van der Waals surface area contributed by atoms with Crippen molar-refractivity contribution in [1.82, 2.24) is 0 Å². The average Bonchev–Trinajstić information content (AvgIpc) is 2.16. The van der Waals surface area contributed by atoms with Crippen LogP contribution in [-0.2, 0) is 4.79 Å². The molecule has 2 unspecified atom stereocenters. The second-order valence-electron chi connectivity index (χ2n) is 4.81. The van der Waals surface area contributed by atoms with Crippen molar-refractivity contribution in [3.8, 4) is 0 Å². The molecule has 0 aromatic carbocycles. The van der Waals surface area contributed by atoms with Gasteiger partial charge < -0.3 is 0 Å². The van der Waals surface area contributed by atoms with Gasteiger partial charge in [-0.25, -0.2) is 0 Å². The molecule has 2 atom stereocenters. The van der Waals surface area contributed by atoms with Gasteiger partial charge in [0.05, 0.1) is 0 Å². The van der Waals surface area contributed by atoms with Crippen molar-refractivity contribution in [2.24, 2.45) is 17.8 Å². The molecule has 1 nitrogen and oxygen atoms in total. The van der Waals surface area contributed by atoms with Crippen LogP contribution in [0.4, 0.5) is 0 Å². The summed E-state index contributed by atoms with van der Waals surface area (Å²) in [6.07, 6.45) is 5.25. The van der Waals surface area contributed by atoms with Crippen LogP contribution in [0.5, 0.6) is 0 Å². The Hall–Kier alpha value is -0.590. The Labute approximate surface area is 87.6 Å². The normalized spacial score (nSPS) is 27.6. The molecule has 0 aromatic rings. The van der Waals surface area contributed by atoms with Gasteiger partial charge in [-0.05, 0) is 31.6 Å². The van der Waals surface area contributed by atoms with Crippen LogP contribution in [-0.4, -0.2) is 5.78 Å². The van der Waals surface area contributed by atoms with E-state index in [4.69, 9.17) is 0 Å². The number of hydrogen-bond acceptors (Lipinski definition) is 1. The maximum Gasteiger partial charge on any atom is 0.139 e. The summed E-state index contributed by atoms with van der Waals surface area (Å²) in [5, 5.41) is 0. The molecule has 1 rings (SSSR count). The highest BCUT2D eigenvalue weighted by molar-refractivity contribution is 5.83. The Morgan fingerprint density at radius 3 is 2.71 bits per heavy atom. The molecule has 1 heteroatoms. The van der Waals surface area contributed by atoms with Crippen LogP contribution >= 0.6 is 0 Å². The Balaban J connectivity index is 2.82. The summed E-state index contributed by atoms with van der Waals surface area (Å²) in [5.74, 6) is 1.82. The molecule has 0 saturated heterocycles. The molecule has 0 amide bonds. The first-order valence-electron chi connectivity index (χ1n) is 5.76. The lowest BCUT2D eigenvalue weighted by molar-refractivity contribution is -0.123. The van der Waals surface area contributed by atoms with Crippen LogP contribution in [0, 0.1) is 17.8 Å². The largest absolute Gasteiger partial charge is 0.299 e. The Morgan fingerprint density at radius 1 is 1.57 bits per heavy atom. The fraction of sp³-hybridized carbons (Fsp3) is 0.769. The molecule has 0 saturated carbocycles. The van der Waals surface area contributed by atoms with E-state index in [9.17, 15) is 4.79 Å². The first kappa shape index (κ1) is 11.5. The third-order valence-corrected chi connectivity index (χ3v) is 3.37. The van der Waals surface area contributed by atoms with Crippen LogP contribution in [0.15, 0.2) is 11.6 Å². The van der Waals surface area contributed by atoms with Crippen molar-refractivity contribution < 1.29 is 4.79 Å². The molecule has 0 fully saturated rings. The van der Waals surface area contributed by atoms with Crippen molar-refractivity contribution in [2.75, 3.05) is 0 Å². The van der Waals surface area contributed by atoms with Crippen molar-refractivity contribution in [3.63, 3.8) is 0 Å². The van der Waals surface area contributed by atoms with Crippen LogP contribution < -0.4 is 0 Å². The summed E-state index contributed by atoms with van der Waals surface area (Å²) in [6, 6.07) is 0. The minimum Gasteiger partial charge on any atom is -0.299 e.